The Bertz CT molecular complexity index is 6780. The van der Waals surface area contributed by atoms with Gasteiger partial charge in [-0.05, 0) is 201 Å². The average molecular weight is 1430 g/mol. The van der Waals surface area contributed by atoms with Crippen molar-refractivity contribution in [2.45, 2.75) is 0 Å². The van der Waals surface area contributed by atoms with Crippen molar-refractivity contribution < 1.29 is 0 Å². The molecule has 17 aromatic carbocycles. The minimum atomic E-state index is 1.11. The van der Waals surface area contributed by atoms with Gasteiger partial charge in [0.25, 0.3) is 0 Å². The first-order valence-electron chi connectivity index (χ1n) is 36.7. The maximum Gasteiger partial charge on any atom is 0.0541 e. The number of hydrogen-bond donors (Lipinski definition) is 0. The zero-order valence-electron chi connectivity index (χ0n) is 58.7. The molecule has 0 aliphatic carbocycles. The fraction of sp³-hybridized carbons (Fsp3) is 0. The first-order valence-corrected chi connectivity index (χ1v) is 39.1. The van der Waals surface area contributed by atoms with Crippen LogP contribution in [0.5, 0.6) is 0 Å². The highest BCUT2D eigenvalue weighted by Crippen LogP contribution is 2.49. The SMILES string of the molecule is c1ccc(-c2ccc(N(c3ccc(-c4ccccc4)cc3)c3ccc(-c4cc(-c5ccc6sc7ccccc7c6c5)c5sc6ccccc6c5c4)cc3)cc2)cc1.c1ccc(-c2ccc(N(c3ccccc3)c3cc(-c4ccc5c(c4)c4ccccc4n5-c4ccccc4)c4sc5ccccc5c4c3)cc2)cc1. The molecular weight excluding hydrogens is 1360 g/mol. The number of thiophene rings is 3. The molecular formula is C102H67N3S3. The van der Waals surface area contributed by atoms with E-state index in [2.05, 4.69) is 421 Å². The summed E-state index contributed by atoms with van der Waals surface area (Å²) in [5.74, 6) is 0. The Balaban J connectivity index is 0.000000143. The Kier molecular flexibility index (Phi) is 16.5. The van der Waals surface area contributed by atoms with Gasteiger partial charge in [0, 0.05) is 122 Å². The highest BCUT2D eigenvalue weighted by molar-refractivity contribution is 7.27. The van der Waals surface area contributed by atoms with E-state index in [4.69, 9.17) is 0 Å². The van der Waals surface area contributed by atoms with Gasteiger partial charge in [-0.1, -0.05) is 261 Å². The van der Waals surface area contributed by atoms with Crippen LogP contribution in [0.1, 0.15) is 0 Å². The van der Waals surface area contributed by atoms with Crippen molar-refractivity contribution >= 4 is 150 Å². The van der Waals surface area contributed by atoms with Gasteiger partial charge in [-0.25, -0.2) is 0 Å². The van der Waals surface area contributed by atoms with E-state index in [1.165, 1.54) is 155 Å². The second kappa shape index (κ2) is 27.7. The summed E-state index contributed by atoms with van der Waals surface area (Å²) in [7, 11) is 0. The van der Waals surface area contributed by atoms with Crippen LogP contribution in [0.15, 0.2) is 406 Å². The van der Waals surface area contributed by atoms with Crippen LogP contribution in [0.3, 0.4) is 0 Å². The minimum Gasteiger partial charge on any atom is -0.311 e. The third-order valence-electron chi connectivity index (χ3n) is 21.1. The van der Waals surface area contributed by atoms with Crippen molar-refractivity contribution in [2.24, 2.45) is 0 Å². The lowest BCUT2D eigenvalue weighted by atomic mass is 9.95. The Morgan fingerprint density at radius 3 is 1.01 bits per heavy atom. The van der Waals surface area contributed by atoms with E-state index < -0.39 is 0 Å². The molecule has 0 fully saturated rings. The molecule has 0 aliphatic heterocycles. The Hall–Kier alpha value is -13.2. The largest absolute Gasteiger partial charge is 0.311 e. The molecule has 0 unspecified atom stereocenters. The summed E-state index contributed by atoms with van der Waals surface area (Å²) in [5, 5.41) is 10.3. The summed E-state index contributed by atoms with van der Waals surface area (Å²) in [5.41, 5.74) is 24.9. The van der Waals surface area contributed by atoms with E-state index in [1.807, 2.05) is 34.0 Å². The predicted molar refractivity (Wildman–Crippen MR) is 468 cm³/mol. The molecule has 0 N–H and O–H groups in total. The van der Waals surface area contributed by atoms with Gasteiger partial charge in [-0.3, -0.25) is 0 Å². The number of fused-ring (bicyclic) bond motifs is 12. The van der Waals surface area contributed by atoms with Gasteiger partial charge < -0.3 is 14.4 Å². The molecule has 0 aliphatic rings. The van der Waals surface area contributed by atoms with Crippen LogP contribution in [0.25, 0.3) is 155 Å². The van der Waals surface area contributed by atoms with Crippen molar-refractivity contribution in [1.29, 1.82) is 0 Å². The van der Waals surface area contributed by atoms with Crippen LogP contribution in [-0.4, -0.2) is 4.57 Å². The molecule has 6 heteroatoms. The molecule has 4 heterocycles. The Labute approximate surface area is 638 Å². The molecule has 3 nitrogen and oxygen atoms in total. The third kappa shape index (κ3) is 11.9. The van der Waals surface area contributed by atoms with E-state index in [1.54, 1.807) is 0 Å². The van der Waals surface area contributed by atoms with Crippen LogP contribution in [0, 0.1) is 0 Å². The summed E-state index contributed by atoms with van der Waals surface area (Å²) in [4.78, 5) is 4.75. The molecule has 508 valence electrons. The maximum atomic E-state index is 2.41. The molecule has 0 spiro atoms. The summed E-state index contributed by atoms with van der Waals surface area (Å²) in [6, 6.07) is 148. The molecule has 0 saturated heterocycles. The topological polar surface area (TPSA) is 11.4 Å². The van der Waals surface area contributed by atoms with Crippen LogP contribution in [0.2, 0.25) is 0 Å². The lowest BCUT2D eigenvalue weighted by Crippen LogP contribution is -2.10. The van der Waals surface area contributed by atoms with Gasteiger partial charge in [0.05, 0.1) is 11.0 Å². The van der Waals surface area contributed by atoms with E-state index in [0.29, 0.717) is 0 Å². The van der Waals surface area contributed by atoms with Crippen molar-refractivity contribution in [3.8, 4) is 72.4 Å². The van der Waals surface area contributed by atoms with Crippen molar-refractivity contribution in [2.75, 3.05) is 9.80 Å². The number of hydrogen-bond acceptors (Lipinski definition) is 5. The standard InChI is InChI=1S/C54H35NS2.C48H32N2S/c1-3-11-36(12-4-1)38-19-26-43(27-20-38)55(44-28-21-39(22-29-44)37-13-5-2-6-14-37)45-30-23-40(24-31-45)42-34-48(54-50(35-42)47-16-8-10-18-52(47)57-54)41-25-32-53-49(33-41)46-15-7-9-17-51(46)56-53;1-4-14-33(15-5-1)34-24-27-38(28-25-34)49(36-16-6-2-7-17-36)39-31-42(48-44(32-39)41-21-11-13-23-47(41)51-48)35-26-29-46-43(30-35)40-20-10-12-22-45(40)50(46)37-18-8-3-9-19-37/h1-35H;1-32H. The first kappa shape index (κ1) is 64.4. The lowest BCUT2D eigenvalue weighted by Gasteiger charge is -2.26. The normalized spacial score (nSPS) is 11.5. The van der Waals surface area contributed by atoms with E-state index in [-0.39, 0.29) is 0 Å². The molecule has 0 atom stereocenters. The van der Waals surface area contributed by atoms with E-state index in [0.717, 1.165) is 34.1 Å². The van der Waals surface area contributed by atoms with Crippen molar-refractivity contribution in [3.63, 3.8) is 0 Å². The highest BCUT2D eigenvalue weighted by Gasteiger charge is 2.23. The Morgan fingerprint density at radius 1 is 0.176 bits per heavy atom. The van der Waals surface area contributed by atoms with Crippen LogP contribution < -0.4 is 9.80 Å². The second-order valence-electron chi connectivity index (χ2n) is 27.5. The minimum absolute atomic E-state index is 1.11. The molecule has 0 radical (unpaired) electrons. The molecule has 0 amide bonds. The van der Waals surface area contributed by atoms with E-state index >= 15 is 0 Å². The summed E-state index contributed by atoms with van der Waals surface area (Å²) in [6.45, 7) is 0. The fourth-order valence-electron chi connectivity index (χ4n) is 15.8. The molecule has 0 bridgehead atoms. The van der Waals surface area contributed by atoms with E-state index in [9.17, 15) is 0 Å². The van der Waals surface area contributed by atoms with Gasteiger partial charge >= 0.3 is 0 Å². The monoisotopic (exact) mass is 1430 g/mol. The summed E-state index contributed by atoms with van der Waals surface area (Å²) >= 11 is 5.65. The zero-order chi connectivity index (χ0) is 71.4. The van der Waals surface area contributed by atoms with Crippen LogP contribution in [0.4, 0.5) is 34.1 Å². The van der Waals surface area contributed by atoms with Gasteiger partial charge in [-0.2, -0.15) is 0 Å². The van der Waals surface area contributed by atoms with Crippen LogP contribution in [-0.2, 0) is 0 Å². The number of anilines is 6. The number of aromatic nitrogens is 1. The highest BCUT2D eigenvalue weighted by atomic mass is 32.1. The quantitative estimate of drug-likeness (QED) is 0.114. The first-order chi connectivity index (χ1) is 53.5. The van der Waals surface area contributed by atoms with Crippen molar-refractivity contribution in [1.82, 2.24) is 4.57 Å². The number of rotatable bonds is 13. The second-order valence-corrected chi connectivity index (χ2v) is 30.7. The van der Waals surface area contributed by atoms with Crippen LogP contribution >= 0.6 is 34.0 Å². The number of nitrogens with zero attached hydrogens (tertiary/aromatic N) is 3. The zero-order valence-corrected chi connectivity index (χ0v) is 61.2. The smallest absolute Gasteiger partial charge is 0.0541 e. The summed E-state index contributed by atoms with van der Waals surface area (Å²) < 4.78 is 10.3. The van der Waals surface area contributed by atoms with Gasteiger partial charge in [0.1, 0.15) is 0 Å². The molecule has 21 aromatic rings. The molecule has 108 heavy (non-hydrogen) atoms. The average Bonchev–Trinajstić information content (AvgIpc) is 1.59. The molecule has 4 aromatic heterocycles. The fourth-order valence-corrected chi connectivity index (χ4v) is 19.4. The maximum absolute atomic E-state index is 2.41. The number of benzene rings is 17. The number of para-hydroxylation sites is 3. The Morgan fingerprint density at radius 2 is 0.500 bits per heavy atom. The predicted octanol–water partition coefficient (Wildman–Crippen LogP) is 30.5. The van der Waals surface area contributed by atoms with Crippen molar-refractivity contribution in [3.05, 3.63) is 406 Å². The lowest BCUT2D eigenvalue weighted by molar-refractivity contribution is 1.18. The van der Waals surface area contributed by atoms with Gasteiger partial charge in [0.2, 0.25) is 0 Å². The van der Waals surface area contributed by atoms with Gasteiger partial charge in [0.15, 0.2) is 0 Å². The summed E-state index contributed by atoms with van der Waals surface area (Å²) in [6.07, 6.45) is 0. The van der Waals surface area contributed by atoms with Gasteiger partial charge in [-0.15, -0.1) is 34.0 Å². The molecule has 21 rings (SSSR count). The molecule has 0 saturated carbocycles. The third-order valence-corrected chi connectivity index (χ3v) is 24.6.